The second-order valence-corrected chi connectivity index (χ2v) is 4.07. The Morgan fingerprint density at radius 3 is 2.71 bits per heavy atom. The van der Waals surface area contributed by atoms with Crippen LogP contribution in [0.25, 0.3) is 0 Å². The molecule has 0 aliphatic rings. The molecule has 3 nitrogen and oxygen atoms in total. The van der Waals surface area contributed by atoms with Crippen LogP contribution in [0.1, 0.15) is 18.5 Å². The summed E-state index contributed by atoms with van der Waals surface area (Å²) in [5, 5.41) is 6.39. The number of nitrogens with one attached hydrogen (secondary N) is 2. The van der Waals surface area contributed by atoms with E-state index in [1.54, 1.807) is 0 Å². The van der Waals surface area contributed by atoms with Gasteiger partial charge in [0.2, 0.25) is 5.91 Å². The minimum absolute atomic E-state index is 0.0869. The number of amides is 1. The van der Waals surface area contributed by atoms with E-state index < -0.39 is 0 Å². The first-order chi connectivity index (χ1) is 8.13. The van der Waals surface area contributed by atoms with E-state index in [0.717, 1.165) is 5.56 Å². The first kappa shape index (κ1) is 13.6. The van der Waals surface area contributed by atoms with E-state index in [9.17, 15) is 4.79 Å². The zero-order valence-electron chi connectivity index (χ0n) is 9.66. The molecule has 1 amide bonds. The van der Waals surface area contributed by atoms with E-state index in [2.05, 4.69) is 16.6 Å². The predicted octanol–water partition coefficient (Wildman–Crippen LogP) is 1.74. The normalized spacial score (nSPS) is 11.6. The Morgan fingerprint density at radius 1 is 1.47 bits per heavy atom. The topological polar surface area (TPSA) is 41.1 Å². The molecule has 1 aromatic rings. The zero-order chi connectivity index (χ0) is 12.7. The van der Waals surface area contributed by atoms with Crippen molar-refractivity contribution in [2.24, 2.45) is 0 Å². The van der Waals surface area contributed by atoms with Gasteiger partial charge in [-0.05, 0) is 24.6 Å². The number of carbonyl (C=O) groups is 1. The average Bonchev–Trinajstić information content (AvgIpc) is 2.34. The first-order valence-electron chi connectivity index (χ1n) is 5.32. The summed E-state index contributed by atoms with van der Waals surface area (Å²) in [5.41, 5.74) is 1.08. The van der Waals surface area contributed by atoms with Crippen molar-refractivity contribution in [3.8, 4) is 12.3 Å². The fraction of sp³-hybridized carbons (Fsp3) is 0.308. The third-order valence-corrected chi connectivity index (χ3v) is 2.58. The van der Waals surface area contributed by atoms with Gasteiger partial charge in [0.1, 0.15) is 0 Å². The molecule has 1 atom stereocenters. The van der Waals surface area contributed by atoms with Gasteiger partial charge in [0, 0.05) is 11.1 Å². The van der Waals surface area contributed by atoms with Crippen molar-refractivity contribution in [2.75, 3.05) is 13.1 Å². The number of rotatable bonds is 5. The highest BCUT2D eigenvalue weighted by atomic mass is 35.5. The standard InChI is InChI=1S/C13H15ClN2O/c1-3-8-15-13(17)9-16-10(2)11-4-6-12(14)7-5-11/h1,4-7,10,16H,8-9H2,2H3,(H,15,17)/t10-/m1/s1. The lowest BCUT2D eigenvalue weighted by Gasteiger charge is -2.13. The molecule has 0 aliphatic carbocycles. The zero-order valence-corrected chi connectivity index (χ0v) is 10.4. The number of benzene rings is 1. The molecule has 0 bridgehead atoms. The molecule has 0 aliphatic heterocycles. The fourth-order valence-corrected chi connectivity index (χ4v) is 1.45. The van der Waals surface area contributed by atoms with Crippen molar-refractivity contribution in [3.63, 3.8) is 0 Å². The summed E-state index contributed by atoms with van der Waals surface area (Å²) in [6.45, 7) is 2.49. The monoisotopic (exact) mass is 250 g/mol. The van der Waals surface area contributed by atoms with E-state index in [1.807, 2.05) is 31.2 Å². The Bertz CT molecular complexity index is 408. The Balaban J connectivity index is 2.39. The van der Waals surface area contributed by atoms with Crippen molar-refractivity contribution < 1.29 is 4.79 Å². The highest BCUT2D eigenvalue weighted by Crippen LogP contribution is 2.15. The molecule has 0 aromatic heterocycles. The number of terminal acetylenes is 1. The lowest BCUT2D eigenvalue weighted by Crippen LogP contribution is -2.35. The molecule has 0 spiro atoms. The molecular formula is C13H15ClN2O. The van der Waals surface area contributed by atoms with Gasteiger partial charge in [0.15, 0.2) is 0 Å². The van der Waals surface area contributed by atoms with Gasteiger partial charge in [-0.2, -0.15) is 0 Å². The quantitative estimate of drug-likeness (QED) is 0.782. The fourth-order valence-electron chi connectivity index (χ4n) is 1.33. The van der Waals surface area contributed by atoms with Crippen LogP contribution in [0, 0.1) is 12.3 Å². The van der Waals surface area contributed by atoms with Crippen LogP contribution >= 0.6 is 11.6 Å². The van der Waals surface area contributed by atoms with Crippen LogP contribution in [0.2, 0.25) is 5.02 Å². The number of hydrogen-bond acceptors (Lipinski definition) is 2. The lowest BCUT2D eigenvalue weighted by molar-refractivity contribution is -0.120. The van der Waals surface area contributed by atoms with Crippen LogP contribution in [0.4, 0.5) is 0 Å². The number of carbonyl (C=O) groups excluding carboxylic acids is 1. The Morgan fingerprint density at radius 2 is 2.12 bits per heavy atom. The molecule has 2 N–H and O–H groups in total. The summed E-state index contributed by atoms with van der Waals surface area (Å²) in [5.74, 6) is 2.24. The molecule has 0 saturated heterocycles. The maximum atomic E-state index is 11.3. The van der Waals surface area contributed by atoms with Crippen LogP contribution in [0.5, 0.6) is 0 Å². The Labute approximate surface area is 107 Å². The molecule has 0 heterocycles. The maximum absolute atomic E-state index is 11.3. The van der Waals surface area contributed by atoms with Gasteiger partial charge in [-0.1, -0.05) is 29.7 Å². The van der Waals surface area contributed by atoms with Gasteiger partial charge in [-0.3, -0.25) is 4.79 Å². The molecule has 1 rings (SSSR count). The van der Waals surface area contributed by atoms with Crippen LogP contribution in [-0.4, -0.2) is 19.0 Å². The van der Waals surface area contributed by atoms with E-state index in [1.165, 1.54) is 0 Å². The van der Waals surface area contributed by atoms with Gasteiger partial charge in [0.05, 0.1) is 13.1 Å². The molecule has 17 heavy (non-hydrogen) atoms. The smallest absolute Gasteiger partial charge is 0.234 e. The highest BCUT2D eigenvalue weighted by Gasteiger charge is 2.06. The number of hydrogen-bond donors (Lipinski definition) is 2. The van der Waals surface area contributed by atoms with Crippen LogP contribution in [0.3, 0.4) is 0 Å². The summed E-state index contributed by atoms with van der Waals surface area (Å²) >= 11 is 5.80. The van der Waals surface area contributed by atoms with Gasteiger partial charge >= 0.3 is 0 Å². The van der Waals surface area contributed by atoms with Gasteiger partial charge in [-0.25, -0.2) is 0 Å². The molecule has 4 heteroatoms. The molecular weight excluding hydrogens is 236 g/mol. The van der Waals surface area contributed by atoms with Crippen LogP contribution in [-0.2, 0) is 4.79 Å². The molecule has 1 aromatic carbocycles. The van der Waals surface area contributed by atoms with Crippen molar-refractivity contribution in [1.29, 1.82) is 0 Å². The summed E-state index contributed by atoms with van der Waals surface area (Å²) in [4.78, 5) is 11.3. The summed E-state index contributed by atoms with van der Waals surface area (Å²) in [6, 6.07) is 7.60. The van der Waals surface area contributed by atoms with E-state index >= 15 is 0 Å². The Kier molecular flexibility index (Phi) is 5.55. The molecule has 0 saturated carbocycles. The van der Waals surface area contributed by atoms with Gasteiger partial charge < -0.3 is 10.6 Å². The van der Waals surface area contributed by atoms with Crippen molar-refractivity contribution >= 4 is 17.5 Å². The van der Waals surface area contributed by atoms with Crippen molar-refractivity contribution in [1.82, 2.24) is 10.6 Å². The second kappa shape index (κ2) is 6.95. The third kappa shape index (κ3) is 4.90. The average molecular weight is 251 g/mol. The Hall–Kier alpha value is -1.50. The predicted molar refractivity (Wildman–Crippen MR) is 69.7 cm³/mol. The van der Waals surface area contributed by atoms with E-state index in [0.29, 0.717) is 5.02 Å². The largest absolute Gasteiger partial charge is 0.344 e. The first-order valence-corrected chi connectivity index (χ1v) is 5.70. The molecule has 0 radical (unpaired) electrons. The van der Waals surface area contributed by atoms with Gasteiger partial charge in [0.25, 0.3) is 0 Å². The van der Waals surface area contributed by atoms with Crippen molar-refractivity contribution in [3.05, 3.63) is 34.9 Å². The molecule has 0 fully saturated rings. The summed E-state index contributed by atoms with van der Waals surface area (Å²) in [7, 11) is 0. The highest BCUT2D eigenvalue weighted by molar-refractivity contribution is 6.30. The third-order valence-electron chi connectivity index (χ3n) is 2.33. The summed E-state index contributed by atoms with van der Waals surface area (Å²) < 4.78 is 0. The SMILES string of the molecule is C#CCNC(=O)CN[C@H](C)c1ccc(Cl)cc1. The minimum Gasteiger partial charge on any atom is -0.344 e. The summed E-state index contributed by atoms with van der Waals surface area (Å²) in [6.07, 6.45) is 5.04. The molecule has 90 valence electrons. The van der Waals surface area contributed by atoms with Crippen molar-refractivity contribution in [2.45, 2.75) is 13.0 Å². The maximum Gasteiger partial charge on any atom is 0.234 e. The minimum atomic E-state index is -0.108. The lowest BCUT2D eigenvalue weighted by atomic mass is 10.1. The molecule has 0 unspecified atom stereocenters. The van der Waals surface area contributed by atoms with E-state index in [4.69, 9.17) is 18.0 Å². The van der Waals surface area contributed by atoms with Gasteiger partial charge in [-0.15, -0.1) is 6.42 Å². The van der Waals surface area contributed by atoms with Crippen LogP contribution in [0.15, 0.2) is 24.3 Å². The van der Waals surface area contributed by atoms with Crippen LogP contribution < -0.4 is 10.6 Å². The van der Waals surface area contributed by atoms with E-state index in [-0.39, 0.29) is 25.0 Å². The second-order valence-electron chi connectivity index (χ2n) is 3.63. The number of halogens is 1.